The zero-order valence-corrected chi connectivity index (χ0v) is 13.8. The summed E-state index contributed by atoms with van der Waals surface area (Å²) in [6.07, 6.45) is 0.501. The Hall–Kier alpha value is -2.08. The molecule has 122 valence electrons. The number of amides is 1. The molecular formula is C17H19NO4S. The van der Waals surface area contributed by atoms with Gasteiger partial charge in [-0.1, -0.05) is 30.3 Å². The zero-order valence-electron chi connectivity index (χ0n) is 12.9. The molecule has 1 unspecified atom stereocenters. The van der Waals surface area contributed by atoms with Crippen molar-refractivity contribution in [1.82, 2.24) is 4.90 Å². The molecule has 1 atom stereocenters. The number of nitrogens with zero attached hydrogens (tertiary/aromatic N) is 1. The number of carbonyl (C=O) groups excluding carboxylic acids is 1. The van der Waals surface area contributed by atoms with Crippen molar-refractivity contribution in [1.29, 1.82) is 0 Å². The second-order valence-corrected chi connectivity index (χ2v) is 8.09. The van der Waals surface area contributed by atoms with E-state index in [0.29, 0.717) is 12.2 Å². The van der Waals surface area contributed by atoms with Crippen LogP contribution in [0.2, 0.25) is 0 Å². The van der Waals surface area contributed by atoms with Crippen LogP contribution in [0.25, 0.3) is 10.8 Å². The van der Waals surface area contributed by atoms with E-state index in [9.17, 15) is 13.2 Å². The van der Waals surface area contributed by atoms with Crippen molar-refractivity contribution in [3.8, 4) is 5.75 Å². The van der Waals surface area contributed by atoms with Gasteiger partial charge in [0.15, 0.2) is 16.4 Å². The van der Waals surface area contributed by atoms with E-state index in [1.807, 2.05) is 42.5 Å². The van der Waals surface area contributed by atoms with Gasteiger partial charge in [0.25, 0.3) is 5.91 Å². The Morgan fingerprint density at radius 1 is 1.22 bits per heavy atom. The predicted molar refractivity (Wildman–Crippen MR) is 89.3 cm³/mol. The molecule has 23 heavy (non-hydrogen) atoms. The molecule has 1 aliphatic heterocycles. The fourth-order valence-corrected chi connectivity index (χ4v) is 4.56. The number of likely N-dealkylation sites (N-methyl/N-ethyl adjacent to an activating group) is 1. The number of rotatable bonds is 4. The first-order chi connectivity index (χ1) is 10.9. The molecule has 1 heterocycles. The van der Waals surface area contributed by atoms with Crippen LogP contribution >= 0.6 is 0 Å². The lowest BCUT2D eigenvalue weighted by atomic mass is 10.1. The van der Waals surface area contributed by atoms with E-state index in [2.05, 4.69) is 0 Å². The van der Waals surface area contributed by atoms with Crippen LogP contribution in [0.3, 0.4) is 0 Å². The highest BCUT2D eigenvalue weighted by Crippen LogP contribution is 2.21. The van der Waals surface area contributed by atoms with E-state index in [1.54, 1.807) is 7.05 Å². The SMILES string of the molecule is CN(C(=O)COc1ccc2ccccc2c1)C1CCS(=O)(=O)C1. The summed E-state index contributed by atoms with van der Waals surface area (Å²) in [6.45, 7) is -0.0919. The third-order valence-corrected chi connectivity index (χ3v) is 5.98. The van der Waals surface area contributed by atoms with Crippen LogP contribution in [0.1, 0.15) is 6.42 Å². The summed E-state index contributed by atoms with van der Waals surface area (Å²) in [4.78, 5) is 13.7. The molecule has 1 amide bonds. The Kier molecular flexibility index (Phi) is 4.26. The number of hydrogen-bond donors (Lipinski definition) is 0. The van der Waals surface area contributed by atoms with Gasteiger partial charge in [0, 0.05) is 13.1 Å². The van der Waals surface area contributed by atoms with Gasteiger partial charge >= 0.3 is 0 Å². The summed E-state index contributed by atoms with van der Waals surface area (Å²) >= 11 is 0. The van der Waals surface area contributed by atoms with E-state index >= 15 is 0 Å². The van der Waals surface area contributed by atoms with Crippen molar-refractivity contribution in [2.45, 2.75) is 12.5 Å². The van der Waals surface area contributed by atoms with Crippen molar-refractivity contribution in [3.63, 3.8) is 0 Å². The Balaban J connectivity index is 1.61. The number of carbonyl (C=O) groups is 1. The lowest BCUT2D eigenvalue weighted by Crippen LogP contribution is -2.40. The van der Waals surface area contributed by atoms with Gasteiger partial charge in [0.2, 0.25) is 0 Å². The summed E-state index contributed by atoms with van der Waals surface area (Å²) < 4.78 is 28.6. The maximum Gasteiger partial charge on any atom is 0.260 e. The second kappa shape index (κ2) is 6.20. The smallest absolute Gasteiger partial charge is 0.260 e. The minimum atomic E-state index is -3.00. The van der Waals surface area contributed by atoms with Crippen LogP contribution < -0.4 is 4.74 Å². The van der Waals surface area contributed by atoms with Crippen molar-refractivity contribution in [3.05, 3.63) is 42.5 Å². The normalized spacial score (nSPS) is 19.6. The van der Waals surface area contributed by atoms with Gasteiger partial charge in [0.1, 0.15) is 5.75 Å². The summed E-state index contributed by atoms with van der Waals surface area (Å²) in [7, 11) is -1.36. The fraction of sp³-hybridized carbons (Fsp3) is 0.353. The second-order valence-electron chi connectivity index (χ2n) is 5.86. The molecule has 2 aromatic carbocycles. The van der Waals surface area contributed by atoms with Gasteiger partial charge in [-0.05, 0) is 29.3 Å². The van der Waals surface area contributed by atoms with Gasteiger partial charge in [-0.2, -0.15) is 0 Å². The average Bonchev–Trinajstić information content (AvgIpc) is 2.91. The van der Waals surface area contributed by atoms with E-state index in [0.717, 1.165) is 10.8 Å². The van der Waals surface area contributed by atoms with Crippen molar-refractivity contribution < 1.29 is 17.9 Å². The van der Waals surface area contributed by atoms with Crippen LogP contribution in [-0.4, -0.2) is 50.4 Å². The van der Waals surface area contributed by atoms with Crippen molar-refractivity contribution >= 4 is 26.5 Å². The first kappa shape index (κ1) is 15.8. The van der Waals surface area contributed by atoms with Gasteiger partial charge in [-0.25, -0.2) is 8.42 Å². The predicted octanol–water partition coefficient (Wildman–Crippen LogP) is 1.86. The highest BCUT2D eigenvalue weighted by molar-refractivity contribution is 7.91. The van der Waals surface area contributed by atoms with Gasteiger partial charge < -0.3 is 9.64 Å². The van der Waals surface area contributed by atoms with E-state index in [-0.39, 0.29) is 30.1 Å². The molecule has 0 N–H and O–H groups in total. The molecule has 3 rings (SSSR count). The zero-order chi connectivity index (χ0) is 16.4. The van der Waals surface area contributed by atoms with E-state index in [4.69, 9.17) is 4.74 Å². The van der Waals surface area contributed by atoms with Crippen molar-refractivity contribution in [2.75, 3.05) is 25.2 Å². The number of ether oxygens (including phenoxy) is 1. The molecule has 2 aromatic rings. The minimum absolute atomic E-state index is 0.0468. The molecule has 1 fully saturated rings. The maximum absolute atomic E-state index is 12.2. The van der Waals surface area contributed by atoms with Gasteiger partial charge in [0.05, 0.1) is 11.5 Å². The Morgan fingerprint density at radius 3 is 2.65 bits per heavy atom. The number of benzene rings is 2. The molecule has 1 saturated heterocycles. The Labute approximate surface area is 135 Å². The summed E-state index contributed by atoms with van der Waals surface area (Å²) in [5.41, 5.74) is 0. The highest BCUT2D eigenvalue weighted by atomic mass is 32.2. The first-order valence-corrected chi connectivity index (χ1v) is 9.34. The van der Waals surface area contributed by atoms with Gasteiger partial charge in [-0.3, -0.25) is 4.79 Å². The Morgan fingerprint density at radius 2 is 1.96 bits per heavy atom. The molecule has 6 heteroatoms. The summed E-state index contributed by atoms with van der Waals surface area (Å²) in [5, 5.41) is 2.16. The molecule has 0 aromatic heterocycles. The largest absolute Gasteiger partial charge is 0.484 e. The fourth-order valence-electron chi connectivity index (χ4n) is 2.79. The third kappa shape index (κ3) is 3.64. The molecule has 0 saturated carbocycles. The molecular weight excluding hydrogens is 314 g/mol. The molecule has 0 spiro atoms. The number of hydrogen-bond acceptors (Lipinski definition) is 4. The maximum atomic E-state index is 12.2. The van der Waals surface area contributed by atoms with Crippen LogP contribution in [-0.2, 0) is 14.6 Å². The van der Waals surface area contributed by atoms with E-state index in [1.165, 1.54) is 4.90 Å². The van der Waals surface area contributed by atoms with Crippen molar-refractivity contribution in [2.24, 2.45) is 0 Å². The lowest BCUT2D eigenvalue weighted by Gasteiger charge is -2.23. The standard InChI is InChI=1S/C17H19NO4S/c1-18(15-8-9-23(20,21)12-15)17(19)11-22-16-7-6-13-4-2-3-5-14(13)10-16/h2-7,10,15H,8-9,11-12H2,1H3. The monoisotopic (exact) mass is 333 g/mol. The van der Waals surface area contributed by atoms with Crippen LogP contribution in [0.4, 0.5) is 0 Å². The lowest BCUT2D eigenvalue weighted by molar-refractivity contribution is -0.133. The number of sulfone groups is 1. The molecule has 5 nitrogen and oxygen atoms in total. The Bertz CT molecular complexity index is 831. The average molecular weight is 333 g/mol. The van der Waals surface area contributed by atoms with Crippen LogP contribution in [0.5, 0.6) is 5.75 Å². The van der Waals surface area contributed by atoms with Crippen LogP contribution in [0.15, 0.2) is 42.5 Å². The van der Waals surface area contributed by atoms with Crippen LogP contribution in [0, 0.1) is 0 Å². The molecule has 0 radical (unpaired) electrons. The van der Waals surface area contributed by atoms with Gasteiger partial charge in [-0.15, -0.1) is 0 Å². The molecule has 0 bridgehead atoms. The van der Waals surface area contributed by atoms with E-state index < -0.39 is 9.84 Å². The highest BCUT2D eigenvalue weighted by Gasteiger charge is 2.32. The third-order valence-electron chi connectivity index (χ3n) is 4.23. The quantitative estimate of drug-likeness (QED) is 0.857. The minimum Gasteiger partial charge on any atom is -0.484 e. The number of fused-ring (bicyclic) bond motifs is 1. The topological polar surface area (TPSA) is 63.7 Å². The first-order valence-electron chi connectivity index (χ1n) is 7.52. The molecule has 1 aliphatic rings. The molecule has 0 aliphatic carbocycles. The summed E-state index contributed by atoms with van der Waals surface area (Å²) in [6, 6.07) is 13.3. The summed E-state index contributed by atoms with van der Waals surface area (Å²) in [5.74, 6) is 0.621.